The number of nitrogens with zero attached hydrogens (tertiary/aromatic N) is 2. The van der Waals surface area contributed by atoms with Crippen LogP contribution in [0.25, 0.3) is 22.0 Å². The average Bonchev–Trinajstić information content (AvgIpc) is 2.98. The predicted molar refractivity (Wildman–Crippen MR) is 105 cm³/mol. The molecule has 7 nitrogen and oxygen atoms in total. The maximum Gasteiger partial charge on any atom is 0.238 e. The van der Waals surface area contributed by atoms with Crippen molar-refractivity contribution in [3.05, 3.63) is 54.2 Å². The number of benzene rings is 2. The summed E-state index contributed by atoms with van der Waals surface area (Å²) in [6.07, 6.45) is 3.17. The normalized spacial score (nSPS) is 11.1. The van der Waals surface area contributed by atoms with E-state index in [-0.39, 0.29) is 5.91 Å². The second-order valence-electron chi connectivity index (χ2n) is 6.10. The summed E-state index contributed by atoms with van der Waals surface area (Å²) >= 11 is 0. The van der Waals surface area contributed by atoms with Gasteiger partial charge in [-0.25, -0.2) is 8.42 Å². The molecule has 0 fully saturated rings. The van der Waals surface area contributed by atoms with Gasteiger partial charge in [-0.15, -0.1) is 0 Å². The molecule has 0 aliphatic rings. The van der Waals surface area contributed by atoms with Gasteiger partial charge in [0.2, 0.25) is 15.9 Å². The van der Waals surface area contributed by atoms with Crippen molar-refractivity contribution >= 4 is 32.5 Å². The molecule has 8 heteroatoms. The fourth-order valence-electron chi connectivity index (χ4n) is 2.76. The van der Waals surface area contributed by atoms with E-state index in [0.717, 1.165) is 22.8 Å². The van der Waals surface area contributed by atoms with Crippen molar-refractivity contribution < 1.29 is 13.2 Å². The SMILES string of the molecule is CCC(=O)Nn1cc(-c2ccc(C#N)cc2)c2ccc(NS(C)(=O)=O)cc21. The Kier molecular flexibility index (Phi) is 4.88. The minimum Gasteiger partial charge on any atom is -0.284 e. The van der Waals surface area contributed by atoms with Crippen LogP contribution in [0.5, 0.6) is 0 Å². The van der Waals surface area contributed by atoms with E-state index in [1.807, 2.05) is 12.1 Å². The van der Waals surface area contributed by atoms with Crippen molar-refractivity contribution in [1.82, 2.24) is 4.68 Å². The fraction of sp³-hybridized carbons (Fsp3) is 0.158. The highest BCUT2D eigenvalue weighted by Crippen LogP contribution is 2.32. The highest BCUT2D eigenvalue weighted by atomic mass is 32.2. The smallest absolute Gasteiger partial charge is 0.238 e. The largest absolute Gasteiger partial charge is 0.284 e. The van der Waals surface area contributed by atoms with Gasteiger partial charge in [0.15, 0.2) is 0 Å². The van der Waals surface area contributed by atoms with Crippen LogP contribution < -0.4 is 10.1 Å². The van der Waals surface area contributed by atoms with E-state index in [1.165, 1.54) is 0 Å². The Morgan fingerprint density at radius 3 is 2.48 bits per heavy atom. The first-order valence-corrected chi connectivity index (χ1v) is 10.1. The van der Waals surface area contributed by atoms with Gasteiger partial charge in [0.05, 0.1) is 29.1 Å². The summed E-state index contributed by atoms with van der Waals surface area (Å²) in [7, 11) is -3.42. The number of hydrogen-bond acceptors (Lipinski definition) is 4. The lowest BCUT2D eigenvalue weighted by atomic mass is 10.0. The number of rotatable bonds is 5. The number of carbonyl (C=O) groups is 1. The molecule has 1 aromatic heterocycles. The Hall–Kier alpha value is -3.31. The Morgan fingerprint density at radius 1 is 1.19 bits per heavy atom. The predicted octanol–water partition coefficient (Wildman–Crippen LogP) is 3.03. The van der Waals surface area contributed by atoms with Gasteiger partial charge in [0, 0.05) is 23.6 Å². The maximum atomic E-state index is 11.9. The molecule has 27 heavy (non-hydrogen) atoms. The Morgan fingerprint density at radius 2 is 1.89 bits per heavy atom. The van der Waals surface area contributed by atoms with E-state index in [0.29, 0.717) is 23.2 Å². The zero-order valence-electron chi connectivity index (χ0n) is 14.9. The van der Waals surface area contributed by atoms with Gasteiger partial charge in [0.25, 0.3) is 0 Å². The molecule has 2 aromatic carbocycles. The van der Waals surface area contributed by atoms with Gasteiger partial charge in [-0.3, -0.25) is 19.6 Å². The molecule has 2 N–H and O–H groups in total. The number of aromatic nitrogens is 1. The fourth-order valence-corrected chi connectivity index (χ4v) is 3.32. The summed E-state index contributed by atoms with van der Waals surface area (Å²) in [5.74, 6) is -0.167. The van der Waals surface area contributed by atoms with Crippen LogP contribution in [0.15, 0.2) is 48.7 Å². The van der Waals surface area contributed by atoms with Crippen LogP contribution in [0.2, 0.25) is 0 Å². The van der Waals surface area contributed by atoms with Crippen molar-refractivity contribution in [3.8, 4) is 17.2 Å². The number of sulfonamides is 1. The van der Waals surface area contributed by atoms with E-state index in [9.17, 15) is 13.2 Å². The molecule has 0 aliphatic heterocycles. The van der Waals surface area contributed by atoms with Gasteiger partial charge in [-0.05, 0) is 29.8 Å². The van der Waals surface area contributed by atoms with Crippen molar-refractivity contribution in [2.45, 2.75) is 13.3 Å². The minimum absolute atomic E-state index is 0.167. The van der Waals surface area contributed by atoms with Crippen LogP contribution in [-0.4, -0.2) is 25.3 Å². The van der Waals surface area contributed by atoms with E-state index >= 15 is 0 Å². The van der Waals surface area contributed by atoms with Gasteiger partial charge < -0.3 is 0 Å². The first-order valence-electron chi connectivity index (χ1n) is 8.24. The molecule has 0 saturated heterocycles. The van der Waals surface area contributed by atoms with Crippen LogP contribution in [0.4, 0.5) is 5.69 Å². The average molecular weight is 382 g/mol. The lowest BCUT2D eigenvalue weighted by Crippen LogP contribution is -2.20. The quantitative estimate of drug-likeness (QED) is 0.708. The van der Waals surface area contributed by atoms with Crippen molar-refractivity contribution in [3.63, 3.8) is 0 Å². The molecule has 3 aromatic rings. The van der Waals surface area contributed by atoms with Crippen LogP contribution in [-0.2, 0) is 14.8 Å². The Labute approximate surface area is 157 Å². The van der Waals surface area contributed by atoms with Crippen molar-refractivity contribution in [2.75, 3.05) is 16.4 Å². The second kappa shape index (κ2) is 7.13. The third-order valence-corrected chi connectivity index (χ3v) is 4.61. The van der Waals surface area contributed by atoms with Crippen LogP contribution in [0.3, 0.4) is 0 Å². The highest BCUT2D eigenvalue weighted by molar-refractivity contribution is 7.92. The van der Waals surface area contributed by atoms with Crippen LogP contribution in [0, 0.1) is 11.3 Å². The summed E-state index contributed by atoms with van der Waals surface area (Å²) in [4.78, 5) is 11.9. The number of amides is 1. The standard InChI is InChI=1S/C19H18N4O3S/c1-3-19(24)21-23-12-17(14-6-4-13(11-20)5-7-14)16-9-8-15(10-18(16)23)22-27(2,25)26/h4-10,12,22H,3H2,1-2H3,(H,21,24). The monoisotopic (exact) mass is 382 g/mol. The molecule has 1 heterocycles. The molecule has 0 radical (unpaired) electrons. The van der Waals surface area contributed by atoms with E-state index in [4.69, 9.17) is 5.26 Å². The van der Waals surface area contributed by atoms with Crippen LogP contribution in [0.1, 0.15) is 18.9 Å². The summed E-state index contributed by atoms with van der Waals surface area (Å²) < 4.78 is 27.1. The summed E-state index contributed by atoms with van der Waals surface area (Å²) in [6, 6.07) is 14.3. The number of anilines is 1. The van der Waals surface area contributed by atoms with Gasteiger partial charge in [-0.1, -0.05) is 25.1 Å². The molecule has 0 atom stereocenters. The molecule has 0 spiro atoms. The van der Waals surface area contributed by atoms with E-state index in [1.54, 1.807) is 48.1 Å². The molecule has 0 saturated carbocycles. The molecule has 3 rings (SSSR count). The Bertz CT molecular complexity index is 1160. The lowest BCUT2D eigenvalue weighted by molar-refractivity contribution is -0.116. The molecular formula is C19H18N4O3S. The highest BCUT2D eigenvalue weighted by Gasteiger charge is 2.13. The van der Waals surface area contributed by atoms with Gasteiger partial charge >= 0.3 is 0 Å². The summed E-state index contributed by atoms with van der Waals surface area (Å²) in [5.41, 5.74) is 6.14. The molecular weight excluding hydrogens is 364 g/mol. The molecule has 0 bridgehead atoms. The van der Waals surface area contributed by atoms with Crippen molar-refractivity contribution in [2.24, 2.45) is 0 Å². The number of nitriles is 1. The summed E-state index contributed by atoms with van der Waals surface area (Å²) in [5, 5.41) is 9.81. The molecule has 0 aliphatic carbocycles. The second-order valence-corrected chi connectivity index (χ2v) is 7.85. The first kappa shape index (κ1) is 18.5. The first-order chi connectivity index (χ1) is 12.8. The zero-order chi connectivity index (χ0) is 19.6. The topological polar surface area (TPSA) is 104 Å². The van der Waals surface area contributed by atoms with E-state index < -0.39 is 10.0 Å². The lowest BCUT2D eigenvalue weighted by Gasteiger charge is -2.08. The molecule has 0 unspecified atom stereocenters. The minimum atomic E-state index is -3.42. The van der Waals surface area contributed by atoms with Crippen LogP contribution >= 0.6 is 0 Å². The third kappa shape index (κ3) is 4.10. The summed E-state index contributed by atoms with van der Waals surface area (Å²) in [6.45, 7) is 1.75. The number of nitrogens with one attached hydrogen (secondary N) is 2. The van der Waals surface area contributed by atoms with Gasteiger partial charge in [0.1, 0.15) is 0 Å². The zero-order valence-corrected chi connectivity index (χ0v) is 15.7. The molecule has 138 valence electrons. The van der Waals surface area contributed by atoms with Crippen molar-refractivity contribution in [1.29, 1.82) is 5.26 Å². The number of carbonyl (C=O) groups excluding carboxylic acids is 1. The van der Waals surface area contributed by atoms with Gasteiger partial charge in [-0.2, -0.15) is 5.26 Å². The Balaban J connectivity index is 2.16. The maximum absolute atomic E-state index is 11.9. The number of hydrogen-bond donors (Lipinski definition) is 2. The third-order valence-electron chi connectivity index (χ3n) is 4.00. The molecule has 1 amide bonds. The van der Waals surface area contributed by atoms with E-state index in [2.05, 4.69) is 16.2 Å². The number of fused-ring (bicyclic) bond motifs is 1.